The molecule has 27 heavy (non-hydrogen) atoms. The number of aromatic amines is 1. The number of nitrogens with one attached hydrogen (secondary N) is 1. The van der Waals surface area contributed by atoms with Crippen LogP contribution in [0.15, 0.2) is 48.8 Å². The molecule has 2 aromatic heterocycles. The number of methoxy groups -OCH3 is 1. The number of likely N-dealkylation sites (tertiary alicyclic amines) is 1. The van der Waals surface area contributed by atoms with Crippen LogP contribution < -0.4 is 0 Å². The van der Waals surface area contributed by atoms with Gasteiger partial charge in [0.25, 0.3) is 0 Å². The van der Waals surface area contributed by atoms with Gasteiger partial charge in [0.05, 0.1) is 12.8 Å². The zero-order valence-electron chi connectivity index (χ0n) is 15.2. The van der Waals surface area contributed by atoms with Crippen LogP contribution in [0.5, 0.6) is 0 Å². The molecule has 0 radical (unpaired) electrons. The van der Waals surface area contributed by atoms with Crippen LogP contribution in [-0.2, 0) is 11.3 Å². The first-order valence-corrected chi connectivity index (χ1v) is 9.02. The van der Waals surface area contributed by atoms with E-state index in [2.05, 4.69) is 20.1 Å². The largest absolute Gasteiger partial charge is 0.384 e. The monoisotopic (exact) mass is 367 g/mol. The second-order valence-corrected chi connectivity index (χ2v) is 6.89. The lowest BCUT2D eigenvalue weighted by Gasteiger charge is -2.15. The third-order valence-electron chi connectivity index (χ3n) is 5.03. The number of hydrogen-bond donors (Lipinski definition) is 1. The number of aromatic nitrogens is 4. The SMILES string of the molecule is COC[C@@H]1CN(Cc2ccncc2F)C[C@H]1c1nc(-c2ccccc2)n[nH]1. The van der Waals surface area contributed by atoms with Crippen LogP contribution in [0.1, 0.15) is 17.3 Å². The summed E-state index contributed by atoms with van der Waals surface area (Å²) in [6.45, 7) is 2.77. The normalized spacial score (nSPS) is 20.2. The average molecular weight is 367 g/mol. The van der Waals surface area contributed by atoms with Gasteiger partial charge in [-0.2, -0.15) is 5.10 Å². The highest BCUT2D eigenvalue weighted by Crippen LogP contribution is 2.33. The van der Waals surface area contributed by atoms with Gasteiger partial charge in [-0.25, -0.2) is 9.37 Å². The third kappa shape index (κ3) is 3.89. The van der Waals surface area contributed by atoms with Crippen molar-refractivity contribution in [2.24, 2.45) is 5.92 Å². The maximum Gasteiger partial charge on any atom is 0.181 e. The Hall–Kier alpha value is -2.64. The zero-order valence-corrected chi connectivity index (χ0v) is 15.2. The highest BCUT2D eigenvalue weighted by molar-refractivity contribution is 5.53. The van der Waals surface area contributed by atoms with Crippen molar-refractivity contribution in [2.45, 2.75) is 12.5 Å². The minimum atomic E-state index is -0.268. The fraction of sp³-hybridized carbons (Fsp3) is 0.350. The van der Waals surface area contributed by atoms with Crippen molar-refractivity contribution in [2.75, 3.05) is 26.8 Å². The summed E-state index contributed by atoms with van der Waals surface area (Å²) in [4.78, 5) is 10.8. The average Bonchev–Trinajstić information content (AvgIpc) is 3.32. The van der Waals surface area contributed by atoms with Crippen molar-refractivity contribution in [3.05, 3.63) is 66.0 Å². The first-order valence-electron chi connectivity index (χ1n) is 9.02. The molecule has 3 aromatic rings. The van der Waals surface area contributed by atoms with Crippen LogP contribution in [0, 0.1) is 11.7 Å². The Kier molecular flexibility index (Phi) is 5.22. The standard InChI is InChI=1S/C20H22FN5O/c1-27-13-16-11-26(10-15-7-8-22-9-18(15)21)12-17(16)20-23-19(24-25-20)14-5-3-2-4-6-14/h2-9,16-17H,10-13H2,1H3,(H,23,24,25)/t16-,17+/m0/s1. The molecule has 0 unspecified atom stereocenters. The topological polar surface area (TPSA) is 66.9 Å². The van der Waals surface area contributed by atoms with E-state index in [-0.39, 0.29) is 17.7 Å². The van der Waals surface area contributed by atoms with Gasteiger partial charge in [-0.3, -0.25) is 15.0 Å². The van der Waals surface area contributed by atoms with Crippen LogP contribution in [0.3, 0.4) is 0 Å². The Bertz CT molecular complexity index is 885. The van der Waals surface area contributed by atoms with Crippen LogP contribution >= 0.6 is 0 Å². The molecule has 1 fully saturated rings. The summed E-state index contributed by atoms with van der Waals surface area (Å²) in [6.07, 6.45) is 2.89. The fourth-order valence-electron chi connectivity index (χ4n) is 3.71. The molecule has 4 rings (SSSR count). The summed E-state index contributed by atoms with van der Waals surface area (Å²) in [5.74, 6) is 1.72. The Morgan fingerprint density at radius 3 is 2.85 bits per heavy atom. The van der Waals surface area contributed by atoms with E-state index < -0.39 is 0 Å². The number of rotatable bonds is 6. The molecule has 0 saturated carbocycles. The van der Waals surface area contributed by atoms with E-state index in [0.717, 1.165) is 24.5 Å². The fourth-order valence-corrected chi connectivity index (χ4v) is 3.71. The Balaban J connectivity index is 1.53. The molecule has 1 N–H and O–H groups in total. The third-order valence-corrected chi connectivity index (χ3v) is 5.03. The van der Waals surface area contributed by atoms with E-state index in [4.69, 9.17) is 9.72 Å². The molecule has 1 aliphatic heterocycles. The van der Waals surface area contributed by atoms with Crippen molar-refractivity contribution in [1.29, 1.82) is 0 Å². The van der Waals surface area contributed by atoms with Crippen LogP contribution in [-0.4, -0.2) is 51.9 Å². The van der Waals surface area contributed by atoms with Crippen molar-refractivity contribution in [3.8, 4) is 11.4 Å². The Morgan fingerprint density at radius 1 is 1.22 bits per heavy atom. The van der Waals surface area contributed by atoms with Gasteiger partial charge in [-0.15, -0.1) is 0 Å². The molecule has 6 nitrogen and oxygen atoms in total. The highest BCUT2D eigenvalue weighted by atomic mass is 19.1. The van der Waals surface area contributed by atoms with Crippen LogP contribution in [0.25, 0.3) is 11.4 Å². The number of benzene rings is 1. The summed E-state index contributed by atoms with van der Waals surface area (Å²) in [6, 6.07) is 11.6. The number of H-pyrrole nitrogens is 1. The minimum Gasteiger partial charge on any atom is -0.384 e. The van der Waals surface area contributed by atoms with Crippen LogP contribution in [0.4, 0.5) is 4.39 Å². The maximum atomic E-state index is 14.0. The number of ether oxygens (including phenoxy) is 1. The van der Waals surface area contributed by atoms with E-state index in [1.165, 1.54) is 6.20 Å². The van der Waals surface area contributed by atoms with Crippen molar-refractivity contribution in [1.82, 2.24) is 25.1 Å². The van der Waals surface area contributed by atoms with E-state index in [9.17, 15) is 4.39 Å². The van der Waals surface area contributed by atoms with E-state index in [1.54, 1.807) is 19.4 Å². The van der Waals surface area contributed by atoms with Crippen molar-refractivity contribution >= 4 is 0 Å². The maximum absolute atomic E-state index is 14.0. The predicted octanol–water partition coefficient (Wildman–Crippen LogP) is 2.87. The van der Waals surface area contributed by atoms with Crippen LogP contribution in [0.2, 0.25) is 0 Å². The second-order valence-electron chi connectivity index (χ2n) is 6.89. The van der Waals surface area contributed by atoms with E-state index in [0.29, 0.717) is 24.5 Å². The van der Waals surface area contributed by atoms with Crippen molar-refractivity contribution in [3.63, 3.8) is 0 Å². The lowest BCUT2D eigenvalue weighted by Crippen LogP contribution is -2.21. The summed E-state index contributed by atoms with van der Waals surface area (Å²) in [5, 5.41) is 7.49. The molecule has 1 aromatic carbocycles. The smallest absolute Gasteiger partial charge is 0.181 e. The molecule has 140 valence electrons. The van der Waals surface area contributed by atoms with E-state index in [1.807, 2.05) is 30.3 Å². The van der Waals surface area contributed by atoms with Gasteiger partial charge in [0.1, 0.15) is 11.6 Å². The first-order chi connectivity index (χ1) is 13.2. The molecule has 7 heteroatoms. The van der Waals surface area contributed by atoms with Gasteiger partial charge < -0.3 is 4.74 Å². The number of hydrogen-bond acceptors (Lipinski definition) is 5. The number of halogens is 1. The molecule has 3 heterocycles. The summed E-state index contributed by atoms with van der Waals surface area (Å²) in [7, 11) is 1.71. The molecule has 0 bridgehead atoms. The predicted molar refractivity (Wildman–Crippen MR) is 99.4 cm³/mol. The molecule has 0 amide bonds. The molecule has 0 spiro atoms. The van der Waals surface area contributed by atoms with E-state index >= 15 is 0 Å². The van der Waals surface area contributed by atoms with Gasteiger partial charge >= 0.3 is 0 Å². The quantitative estimate of drug-likeness (QED) is 0.726. The van der Waals surface area contributed by atoms with Gasteiger partial charge in [0.2, 0.25) is 0 Å². The molecule has 1 saturated heterocycles. The van der Waals surface area contributed by atoms with Gasteiger partial charge in [0.15, 0.2) is 5.82 Å². The molecule has 0 aliphatic carbocycles. The molecular weight excluding hydrogens is 345 g/mol. The van der Waals surface area contributed by atoms with Gasteiger partial charge in [-0.1, -0.05) is 30.3 Å². The molecule has 1 aliphatic rings. The Labute approximate surface area is 157 Å². The summed E-state index contributed by atoms with van der Waals surface area (Å²) in [5.41, 5.74) is 1.64. The summed E-state index contributed by atoms with van der Waals surface area (Å²) < 4.78 is 19.4. The second kappa shape index (κ2) is 7.94. The minimum absolute atomic E-state index is 0.166. The molecular formula is C20H22FN5O. The lowest BCUT2D eigenvalue weighted by atomic mass is 9.96. The lowest BCUT2D eigenvalue weighted by molar-refractivity contribution is 0.146. The number of pyridine rings is 1. The number of nitrogens with zero attached hydrogens (tertiary/aromatic N) is 4. The zero-order chi connectivity index (χ0) is 18.6. The highest BCUT2D eigenvalue weighted by Gasteiger charge is 2.36. The van der Waals surface area contributed by atoms with Gasteiger partial charge in [-0.05, 0) is 6.07 Å². The Morgan fingerprint density at radius 2 is 2.07 bits per heavy atom. The van der Waals surface area contributed by atoms with Crippen molar-refractivity contribution < 1.29 is 9.13 Å². The first kappa shape index (κ1) is 17.8. The summed E-state index contributed by atoms with van der Waals surface area (Å²) >= 11 is 0. The molecule has 2 atom stereocenters. The van der Waals surface area contributed by atoms with Gasteiger partial charge in [0, 0.05) is 55.9 Å².